The summed E-state index contributed by atoms with van der Waals surface area (Å²) in [4.78, 5) is 4.68. The van der Waals surface area contributed by atoms with Crippen LogP contribution in [0, 0.1) is 11.7 Å². The normalized spacial score (nSPS) is 29.2. The van der Waals surface area contributed by atoms with Gasteiger partial charge in [0, 0.05) is 6.54 Å². The molecular weight excluding hydrogens is 320 g/mol. The van der Waals surface area contributed by atoms with Crippen LogP contribution >= 0.6 is 0 Å². The van der Waals surface area contributed by atoms with Gasteiger partial charge in [-0.3, -0.25) is 4.99 Å². The number of rotatable bonds is 2. The second-order valence-corrected chi connectivity index (χ2v) is 7.25. The molecule has 0 radical (unpaired) electrons. The molecule has 0 saturated heterocycles. The van der Waals surface area contributed by atoms with Gasteiger partial charge in [0.1, 0.15) is 17.8 Å². The maximum absolute atomic E-state index is 13.5. The molecule has 0 bridgehead atoms. The van der Waals surface area contributed by atoms with Crippen molar-refractivity contribution < 1.29 is 8.78 Å². The predicted molar refractivity (Wildman–Crippen MR) is 96.3 cm³/mol. The van der Waals surface area contributed by atoms with E-state index < -0.39 is 6.17 Å². The van der Waals surface area contributed by atoms with Crippen molar-refractivity contribution in [1.29, 1.82) is 0 Å². The minimum absolute atomic E-state index is 0.144. The lowest BCUT2D eigenvalue weighted by Crippen LogP contribution is -2.52. The van der Waals surface area contributed by atoms with E-state index in [1.165, 1.54) is 12.1 Å². The smallest absolute Gasteiger partial charge is 0.124 e. The molecule has 3 unspecified atom stereocenters. The zero-order valence-corrected chi connectivity index (χ0v) is 14.4. The van der Waals surface area contributed by atoms with Crippen molar-refractivity contribution >= 4 is 11.5 Å². The molecule has 0 saturated carbocycles. The zero-order valence-electron chi connectivity index (χ0n) is 14.4. The monoisotopic (exact) mass is 343 g/mol. The molecule has 2 heterocycles. The van der Waals surface area contributed by atoms with Crippen molar-refractivity contribution in [2.45, 2.75) is 44.8 Å². The molecule has 3 aliphatic rings. The summed E-state index contributed by atoms with van der Waals surface area (Å²) in [6, 6.07) is 6.67. The summed E-state index contributed by atoms with van der Waals surface area (Å²) in [5.41, 5.74) is 3.97. The number of fused-ring (bicyclic) bond motifs is 1. The van der Waals surface area contributed by atoms with Crippen molar-refractivity contribution in [2.24, 2.45) is 10.9 Å². The second kappa shape index (κ2) is 6.62. The van der Waals surface area contributed by atoms with Crippen LogP contribution in [0.25, 0.3) is 5.70 Å². The standard InChI is InChI=1S/C20H23F2N3/c1-12-10-17-20(23-11-12)25-19(14-4-8-16(22)9-5-14)18(24-17)13-2-6-15(21)7-3-13/h2-4,6-7,12,16-17,24H,5,8-11H2,1H3,(H,23,25). The molecule has 4 rings (SSSR count). The number of nitrogens with one attached hydrogen (secondary N) is 2. The van der Waals surface area contributed by atoms with Gasteiger partial charge in [0.05, 0.1) is 17.4 Å². The van der Waals surface area contributed by atoms with Gasteiger partial charge in [-0.05, 0) is 67.0 Å². The van der Waals surface area contributed by atoms with E-state index in [0.29, 0.717) is 25.2 Å². The lowest BCUT2D eigenvalue weighted by molar-refractivity contribution is 0.308. The average Bonchev–Trinajstić information content (AvgIpc) is 2.62. The number of amidine groups is 1. The van der Waals surface area contributed by atoms with E-state index in [2.05, 4.69) is 22.5 Å². The SMILES string of the molecule is CC1CN=C2NC(C3=CCC(F)CC3)=C(c3ccc(F)cc3)NC2C1. The first-order chi connectivity index (χ1) is 12.1. The number of nitrogens with zero attached hydrogens (tertiary/aromatic N) is 1. The van der Waals surface area contributed by atoms with Gasteiger partial charge in [0.15, 0.2) is 0 Å². The van der Waals surface area contributed by atoms with Crippen LogP contribution < -0.4 is 10.6 Å². The topological polar surface area (TPSA) is 36.4 Å². The number of alkyl halides is 1. The van der Waals surface area contributed by atoms with Crippen LogP contribution in [0.15, 0.2) is 46.6 Å². The van der Waals surface area contributed by atoms with E-state index in [4.69, 9.17) is 0 Å². The largest absolute Gasteiger partial charge is 0.373 e. The fraction of sp³-hybridized carbons (Fsp3) is 0.450. The molecule has 0 amide bonds. The number of halogens is 2. The first kappa shape index (κ1) is 16.3. The van der Waals surface area contributed by atoms with Crippen LogP contribution in [0.5, 0.6) is 0 Å². The van der Waals surface area contributed by atoms with Crippen LogP contribution in [0.3, 0.4) is 0 Å². The third-order valence-corrected chi connectivity index (χ3v) is 5.16. The molecule has 2 aliphatic heterocycles. The number of allylic oxidation sites excluding steroid dienone is 2. The number of benzene rings is 1. The van der Waals surface area contributed by atoms with E-state index in [9.17, 15) is 8.78 Å². The fourth-order valence-electron chi connectivity index (χ4n) is 3.76. The van der Waals surface area contributed by atoms with Crippen LogP contribution in [0.2, 0.25) is 0 Å². The van der Waals surface area contributed by atoms with Gasteiger partial charge in [-0.15, -0.1) is 0 Å². The predicted octanol–water partition coefficient (Wildman–Crippen LogP) is 3.94. The molecule has 5 heteroatoms. The molecule has 0 fully saturated rings. The molecule has 1 aromatic rings. The molecule has 132 valence electrons. The molecule has 3 nitrogen and oxygen atoms in total. The first-order valence-corrected chi connectivity index (χ1v) is 9.01. The molecule has 0 aromatic heterocycles. The summed E-state index contributed by atoms with van der Waals surface area (Å²) in [6.07, 6.45) is 3.93. The summed E-state index contributed by atoms with van der Waals surface area (Å²) in [5, 5.41) is 7.12. The van der Waals surface area contributed by atoms with Gasteiger partial charge in [0.2, 0.25) is 0 Å². The quantitative estimate of drug-likeness (QED) is 0.853. The Morgan fingerprint density at radius 2 is 1.96 bits per heavy atom. The molecule has 1 aliphatic carbocycles. The molecule has 25 heavy (non-hydrogen) atoms. The molecular formula is C20H23F2N3. The van der Waals surface area contributed by atoms with Crippen molar-refractivity contribution in [3.05, 3.63) is 53.0 Å². The van der Waals surface area contributed by atoms with Crippen LogP contribution in [-0.2, 0) is 0 Å². The van der Waals surface area contributed by atoms with Crippen LogP contribution in [0.4, 0.5) is 8.78 Å². The highest BCUT2D eigenvalue weighted by atomic mass is 19.1. The Labute approximate surface area is 146 Å². The summed E-state index contributed by atoms with van der Waals surface area (Å²) in [7, 11) is 0. The van der Waals surface area contributed by atoms with E-state index >= 15 is 0 Å². The van der Waals surface area contributed by atoms with Gasteiger partial charge < -0.3 is 10.6 Å². The fourth-order valence-corrected chi connectivity index (χ4v) is 3.76. The van der Waals surface area contributed by atoms with Crippen molar-refractivity contribution in [3.63, 3.8) is 0 Å². The lowest BCUT2D eigenvalue weighted by Gasteiger charge is -2.37. The van der Waals surface area contributed by atoms with Gasteiger partial charge >= 0.3 is 0 Å². The minimum Gasteiger partial charge on any atom is -0.373 e. The zero-order chi connectivity index (χ0) is 17.4. The number of hydrogen-bond donors (Lipinski definition) is 2. The lowest BCUT2D eigenvalue weighted by atomic mass is 9.90. The van der Waals surface area contributed by atoms with E-state index in [-0.39, 0.29) is 11.9 Å². The van der Waals surface area contributed by atoms with Crippen molar-refractivity contribution in [1.82, 2.24) is 10.6 Å². The Morgan fingerprint density at radius 1 is 1.16 bits per heavy atom. The van der Waals surface area contributed by atoms with Crippen molar-refractivity contribution in [3.8, 4) is 0 Å². The first-order valence-electron chi connectivity index (χ1n) is 9.01. The highest BCUT2D eigenvalue weighted by Crippen LogP contribution is 2.32. The second-order valence-electron chi connectivity index (χ2n) is 7.25. The van der Waals surface area contributed by atoms with E-state index in [1.54, 1.807) is 12.1 Å². The average molecular weight is 343 g/mol. The Hall–Kier alpha value is -2.17. The van der Waals surface area contributed by atoms with Gasteiger partial charge in [0.25, 0.3) is 0 Å². The third-order valence-electron chi connectivity index (χ3n) is 5.16. The maximum atomic E-state index is 13.5. The molecule has 1 aromatic carbocycles. The third kappa shape index (κ3) is 3.32. The van der Waals surface area contributed by atoms with Gasteiger partial charge in [-0.25, -0.2) is 8.78 Å². The Morgan fingerprint density at radius 3 is 2.68 bits per heavy atom. The van der Waals surface area contributed by atoms with E-state index in [0.717, 1.165) is 41.3 Å². The Bertz CT molecular complexity index is 749. The maximum Gasteiger partial charge on any atom is 0.124 e. The number of hydrogen-bond acceptors (Lipinski definition) is 3. The summed E-state index contributed by atoms with van der Waals surface area (Å²) >= 11 is 0. The van der Waals surface area contributed by atoms with Crippen molar-refractivity contribution in [2.75, 3.05) is 6.54 Å². The van der Waals surface area contributed by atoms with Gasteiger partial charge in [-0.1, -0.05) is 13.0 Å². The summed E-state index contributed by atoms with van der Waals surface area (Å²) in [6.45, 7) is 3.02. The van der Waals surface area contributed by atoms with E-state index in [1.807, 2.05) is 6.08 Å². The van der Waals surface area contributed by atoms with Crippen LogP contribution in [-0.4, -0.2) is 24.6 Å². The summed E-state index contributed by atoms with van der Waals surface area (Å²) < 4.78 is 26.9. The minimum atomic E-state index is -0.754. The number of aliphatic imine (C=N–C) groups is 1. The summed E-state index contributed by atoms with van der Waals surface area (Å²) in [5.74, 6) is 1.24. The highest BCUT2D eigenvalue weighted by molar-refractivity contribution is 5.96. The van der Waals surface area contributed by atoms with Crippen LogP contribution in [0.1, 0.15) is 38.2 Å². The highest BCUT2D eigenvalue weighted by Gasteiger charge is 2.32. The Balaban J connectivity index is 1.75. The Kier molecular flexibility index (Phi) is 4.32. The molecule has 2 N–H and O–H groups in total. The van der Waals surface area contributed by atoms with Gasteiger partial charge in [-0.2, -0.15) is 0 Å². The molecule has 3 atom stereocenters. The molecule has 0 spiro atoms.